The molecule has 3 rings (SSSR count). The molecule has 2 aromatic rings. The van der Waals surface area contributed by atoms with Gasteiger partial charge >= 0.3 is 6.03 Å². The normalized spacial score (nSPS) is 14.5. The van der Waals surface area contributed by atoms with Crippen LogP contribution in [-0.2, 0) is 7.05 Å². The Morgan fingerprint density at radius 1 is 1.12 bits per heavy atom. The predicted octanol–water partition coefficient (Wildman–Crippen LogP) is 1.12. The SMILES string of the molecule is Cn1nccc1NC(=O)N1CCN(C(=O)c2cccc(O)c2)CC1. The number of aromatic hydroxyl groups is 1. The number of piperazine rings is 1. The number of anilines is 1. The molecule has 1 aliphatic heterocycles. The molecule has 8 nitrogen and oxygen atoms in total. The van der Waals surface area contributed by atoms with E-state index in [-0.39, 0.29) is 17.7 Å². The van der Waals surface area contributed by atoms with Crippen LogP contribution in [-0.4, -0.2) is 62.8 Å². The summed E-state index contributed by atoms with van der Waals surface area (Å²) in [5.41, 5.74) is 0.447. The zero-order valence-corrected chi connectivity index (χ0v) is 13.3. The third-order valence-electron chi connectivity index (χ3n) is 4.00. The fourth-order valence-electron chi connectivity index (χ4n) is 2.62. The third kappa shape index (κ3) is 3.32. The smallest absolute Gasteiger partial charge is 0.323 e. The number of nitrogens with zero attached hydrogens (tertiary/aromatic N) is 4. The number of amides is 3. The van der Waals surface area contributed by atoms with Gasteiger partial charge in [-0.25, -0.2) is 4.79 Å². The van der Waals surface area contributed by atoms with Crippen LogP contribution in [0.25, 0.3) is 0 Å². The van der Waals surface area contributed by atoms with Crippen molar-refractivity contribution in [3.05, 3.63) is 42.1 Å². The highest BCUT2D eigenvalue weighted by atomic mass is 16.3. The van der Waals surface area contributed by atoms with Crippen LogP contribution in [0, 0.1) is 0 Å². The molecule has 0 spiro atoms. The minimum Gasteiger partial charge on any atom is -0.508 e. The molecule has 0 atom stereocenters. The maximum absolute atomic E-state index is 12.4. The van der Waals surface area contributed by atoms with Crippen LogP contribution < -0.4 is 5.32 Å². The number of phenolic OH excluding ortho intramolecular Hbond substituents is 1. The number of hydrogen-bond donors (Lipinski definition) is 2. The fourth-order valence-corrected chi connectivity index (χ4v) is 2.62. The number of rotatable bonds is 2. The van der Waals surface area contributed by atoms with Crippen molar-refractivity contribution in [2.24, 2.45) is 7.05 Å². The number of aryl methyl sites for hydroxylation is 1. The molecule has 126 valence electrons. The van der Waals surface area contributed by atoms with Gasteiger partial charge in [0.05, 0.1) is 6.20 Å². The van der Waals surface area contributed by atoms with Crippen molar-refractivity contribution < 1.29 is 14.7 Å². The molecule has 1 fully saturated rings. The number of aromatic nitrogens is 2. The van der Waals surface area contributed by atoms with E-state index in [0.29, 0.717) is 37.6 Å². The summed E-state index contributed by atoms with van der Waals surface area (Å²) in [5, 5.41) is 16.3. The summed E-state index contributed by atoms with van der Waals surface area (Å²) < 4.78 is 1.58. The molecular weight excluding hydrogens is 310 g/mol. The van der Waals surface area contributed by atoms with Crippen LogP contribution in [0.3, 0.4) is 0 Å². The molecule has 0 saturated carbocycles. The lowest BCUT2D eigenvalue weighted by atomic mass is 10.1. The van der Waals surface area contributed by atoms with Gasteiger partial charge in [-0.05, 0) is 18.2 Å². The van der Waals surface area contributed by atoms with Gasteiger partial charge < -0.3 is 14.9 Å². The van der Waals surface area contributed by atoms with E-state index >= 15 is 0 Å². The number of hydrogen-bond acceptors (Lipinski definition) is 4. The van der Waals surface area contributed by atoms with Crippen molar-refractivity contribution in [2.75, 3.05) is 31.5 Å². The Labute approximate surface area is 139 Å². The number of nitrogens with one attached hydrogen (secondary N) is 1. The molecule has 0 aliphatic carbocycles. The Bertz CT molecular complexity index is 750. The number of carbonyl (C=O) groups is 2. The van der Waals surface area contributed by atoms with E-state index in [9.17, 15) is 14.7 Å². The van der Waals surface area contributed by atoms with Gasteiger partial charge in [-0.2, -0.15) is 5.10 Å². The summed E-state index contributed by atoms with van der Waals surface area (Å²) in [6.45, 7) is 1.81. The maximum atomic E-state index is 12.4. The first-order valence-corrected chi connectivity index (χ1v) is 7.67. The quantitative estimate of drug-likeness (QED) is 0.864. The van der Waals surface area contributed by atoms with Crippen LogP contribution >= 0.6 is 0 Å². The topological polar surface area (TPSA) is 90.7 Å². The summed E-state index contributed by atoms with van der Waals surface area (Å²) in [5.74, 6) is 0.547. The van der Waals surface area contributed by atoms with Gasteiger partial charge in [0.25, 0.3) is 5.91 Å². The molecule has 1 aliphatic rings. The Balaban J connectivity index is 1.56. The second-order valence-corrected chi connectivity index (χ2v) is 5.60. The van der Waals surface area contributed by atoms with Gasteiger partial charge in [-0.1, -0.05) is 6.07 Å². The van der Waals surface area contributed by atoms with Crippen LogP contribution in [0.2, 0.25) is 0 Å². The van der Waals surface area contributed by atoms with E-state index in [4.69, 9.17) is 0 Å². The number of benzene rings is 1. The van der Waals surface area contributed by atoms with Gasteiger partial charge in [0.2, 0.25) is 0 Å². The maximum Gasteiger partial charge on any atom is 0.323 e. The first-order valence-electron chi connectivity index (χ1n) is 7.67. The van der Waals surface area contributed by atoms with Crippen LogP contribution in [0.1, 0.15) is 10.4 Å². The van der Waals surface area contributed by atoms with E-state index in [1.807, 2.05) is 0 Å². The summed E-state index contributed by atoms with van der Waals surface area (Å²) in [6.07, 6.45) is 1.61. The number of phenols is 1. The highest BCUT2D eigenvalue weighted by molar-refractivity contribution is 5.95. The summed E-state index contributed by atoms with van der Waals surface area (Å²) in [7, 11) is 1.75. The average molecular weight is 329 g/mol. The largest absolute Gasteiger partial charge is 0.508 e. The summed E-state index contributed by atoms with van der Waals surface area (Å²) in [6, 6.07) is 7.80. The molecule has 2 N–H and O–H groups in total. The summed E-state index contributed by atoms with van der Waals surface area (Å²) >= 11 is 0. The molecule has 2 heterocycles. The third-order valence-corrected chi connectivity index (χ3v) is 4.00. The van der Waals surface area contributed by atoms with Gasteiger partial charge in [0, 0.05) is 44.9 Å². The highest BCUT2D eigenvalue weighted by Crippen LogP contribution is 2.15. The van der Waals surface area contributed by atoms with Crippen LogP contribution in [0.5, 0.6) is 5.75 Å². The zero-order chi connectivity index (χ0) is 17.1. The molecule has 1 aromatic carbocycles. The van der Waals surface area contributed by atoms with Gasteiger partial charge in [-0.3, -0.25) is 14.8 Å². The lowest BCUT2D eigenvalue weighted by molar-refractivity contribution is 0.0671. The zero-order valence-electron chi connectivity index (χ0n) is 13.3. The first-order chi connectivity index (χ1) is 11.5. The minimum atomic E-state index is -0.206. The lowest BCUT2D eigenvalue weighted by Crippen LogP contribution is -2.51. The van der Waals surface area contributed by atoms with Crippen LogP contribution in [0.15, 0.2) is 36.5 Å². The van der Waals surface area contributed by atoms with E-state index in [1.165, 1.54) is 12.1 Å². The second-order valence-electron chi connectivity index (χ2n) is 5.60. The van der Waals surface area contributed by atoms with E-state index in [1.54, 1.807) is 45.9 Å². The number of carbonyl (C=O) groups excluding carboxylic acids is 2. The summed E-state index contributed by atoms with van der Waals surface area (Å²) in [4.78, 5) is 28.0. The van der Waals surface area contributed by atoms with Crippen molar-refractivity contribution in [3.8, 4) is 5.75 Å². The number of urea groups is 1. The minimum absolute atomic E-state index is 0.0649. The molecule has 8 heteroatoms. The van der Waals surface area contributed by atoms with Gasteiger partial charge in [0.15, 0.2) is 0 Å². The standard InChI is InChI=1S/C16H19N5O3/c1-19-14(5-6-17-19)18-16(24)21-9-7-20(8-10-21)15(23)12-3-2-4-13(22)11-12/h2-6,11,22H,7-10H2,1H3,(H,18,24). The average Bonchev–Trinajstić information content (AvgIpc) is 2.99. The molecule has 1 saturated heterocycles. The monoisotopic (exact) mass is 329 g/mol. The van der Waals surface area contributed by atoms with Gasteiger partial charge in [-0.15, -0.1) is 0 Å². The Morgan fingerprint density at radius 3 is 2.46 bits per heavy atom. The lowest BCUT2D eigenvalue weighted by Gasteiger charge is -2.34. The Kier molecular flexibility index (Phi) is 4.37. The molecule has 0 bridgehead atoms. The van der Waals surface area contributed by atoms with Crippen LogP contribution in [0.4, 0.5) is 10.6 Å². The molecule has 3 amide bonds. The Morgan fingerprint density at radius 2 is 1.83 bits per heavy atom. The van der Waals surface area contributed by atoms with Crippen molar-refractivity contribution in [1.82, 2.24) is 19.6 Å². The van der Waals surface area contributed by atoms with Crippen molar-refractivity contribution in [1.29, 1.82) is 0 Å². The molecular formula is C16H19N5O3. The molecule has 0 unspecified atom stereocenters. The van der Waals surface area contributed by atoms with Gasteiger partial charge in [0.1, 0.15) is 11.6 Å². The molecule has 1 aromatic heterocycles. The molecule has 0 radical (unpaired) electrons. The van der Waals surface area contributed by atoms with Crippen molar-refractivity contribution >= 4 is 17.8 Å². The van der Waals surface area contributed by atoms with E-state index < -0.39 is 0 Å². The van der Waals surface area contributed by atoms with E-state index in [0.717, 1.165) is 0 Å². The van der Waals surface area contributed by atoms with E-state index in [2.05, 4.69) is 10.4 Å². The fraction of sp³-hybridized carbons (Fsp3) is 0.312. The molecule has 24 heavy (non-hydrogen) atoms. The highest BCUT2D eigenvalue weighted by Gasteiger charge is 2.25. The van der Waals surface area contributed by atoms with Crippen molar-refractivity contribution in [2.45, 2.75) is 0 Å². The first kappa shape index (κ1) is 15.9. The Hall–Kier alpha value is -3.03. The van der Waals surface area contributed by atoms with Crippen molar-refractivity contribution in [3.63, 3.8) is 0 Å². The predicted molar refractivity (Wildman–Crippen MR) is 87.8 cm³/mol. The second kappa shape index (κ2) is 6.61.